The number of rotatable bonds is 3. The lowest BCUT2D eigenvalue weighted by Gasteiger charge is -2.33. The van der Waals surface area contributed by atoms with Gasteiger partial charge in [0, 0.05) is 24.8 Å². The molecule has 1 fully saturated rings. The number of hydrogen-bond acceptors (Lipinski definition) is 6. The molecular weight excluding hydrogens is 398 g/mol. The second kappa shape index (κ2) is 7.83. The van der Waals surface area contributed by atoms with Crippen molar-refractivity contribution in [3.05, 3.63) is 57.5 Å². The third-order valence-electron chi connectivity index (χ3n) is 6.11. The second-order valence-corrected chi connectivity index (χ2v) is 9.19. The normalized spacial score (nSPS) is 21.4. The first-order valence-electron chi connectivity index (χ1n) is 10.6. The SMILES string of the molecule is Cc1cc(=O)n2nc(N3CCC[C@H](C(=O)N[C@H]4CCCc5ccccc54)C3)sc2n1. The molecule has 0 saturated carbocycles. The molecule has 1 saturated heterocycles. The highest BCUT2D eigenvalue weighted by atomic mass is 32.1. The Morgan fingerprint density at radius 3 is 3.00 bits per heavy atom. The summed E-state index contributed by atoms with van der Waals surface area (Å²) in [6.45, 7) is 3.27. The summed E-state index contributed by atoms with van der Waals surface area (Å²) in [6.07, 6.45) is 4.98. The highest BCUT2D eigenvalue weighted by Crippen LogP contribution is 2.31. The summed E-state index contributed by atoms with van der Waals surface area (Å²) in [5.74, 6) is 0.0416. The standard InChI is InChI=1S/C22H25N5O2S/c1-14-12-19(28)27-21(23-14)30-22(25-27)26-11-5-8-16(13-26)20(29)24-18-10-4-7-15-6-2-3-9-17(15)18/h2-3,6,9,12,16,18H,4-5,7-8,10-11,13H2,1H3,(H,24,29)/t16-,18-/m0/s1. The van der Waals surface area contributed by atoms with E-state index in [9.17, 15) is 9.59 Å². The molecule has 3 aromatic rings. The van der Waals surface area contributed by atoms with Crippen molar-refractivity contribution in [1.82, 2.24) is 19.9 Å². The minimum Gasteiger partial charge on any atom is -0.349 e. The molecule has 30 heavy (non-hydrogen) atoms. The van der Waals surface area contributed by atoms with Crippen LogP contribution in [-0.2, 0) is 11.2 Å². The Hall–Kier alpha value is -2.74. The highest BCUT2D eigenvalue weighted by molar-refractivity contribution is 7.20. The van der Waals surface area contributed by atoms with Crippen molar-refractivity contribution in [2.75, 3.05) is 18.0 Å². The molecule has 2 atom stereocenters. The van der Waals surface area contributed by atoms with Crippen LogP contribution in [0.3, 0.4) is 0 Å². The predicted molar refractivity (Wildman–Crippen MR) is 117 cm³/mol. The van der Waals surface area contributed by atoms with Gasteiger partial charge in [-0.2, -0.15) is 4.52 Å². The van der Waals surface area contributed by atoms with E-state index >= 15 is 0 Å². The van der Waals surface area contributed by atoms with Crippen molar-refractivity contribution >= 4 is 27.3 Å². The molecule has 1 N–H and O–H groups in total. The van der Waals surface area contributed by atoms with Crippen LogP contribution in [0.4, 0.5) is 5.13 Å². The molecule has 1 amide bonds. The van der Waals surface area contributed by atoms with E-state index in [1.54, 1.807) is 0 Å². The molecule has 0 radical (unpaired) electrons. The summed E-state index contributed by atoms with van der Waals surface area (Å²) in [5.41, 5.74) is 3.14. The number of aromatic nitrogens is 3. The zero-order valence-electron chi connectivity index (χ0n) is 17.0. The van der Waals surface area contributed by atoms with Crippen LogP contribution in [0, 0.1) is 12.8 Å². The Bertz CT molecular complexity index is 1150. The number of nitrogens with zero attached hydrogens (tertiary/aromatic N) is 4. The van der Waals surface area contributed by atoms with E-state index in [0.29, 0.717) is 17.2 Å². The van der Waals surface area contributed by atoms with Crippen LogP contribution in [0.15, 0.2) is 35.1 Å². The average Bonchev–Trinajstić information content (AvgIpc) is 3.19. The largest absolute Gasteiger partial charge is 0.349 e. The van der Waals surface area contributed by atoms with Crippen molar-refractivity contribution in [2.24, 2.45) is 5.92 Å². The van der Waals surface area contributed by atoms with Gasteiger partial charge in [0.15, 0.2) is 0 Å². The second-order valence-electron chi connectivity index (χ2n) is 8.25. The number of benzene rings is 1. The molecule has 0 bridgehead atoms. The summed E-state index contributed by atoms with van der Waals surface area (Å²) >= 11 is 1.41. The van der Waals surface area contributed by atoms with Crippen LogP contribution in [-0.4, -0.2) is 33.6 Å². The molecule has 0 spiro atoms. The molecule has 2 aromatic heterocycles. The first-order valence-corrected chi connectivity index (χ1v) is 11.4. The quantitative estimate of drug-likeness (QED) is 0.701. The predicted octanol–water partition coefficient (Wildman–Crippen LogP) is 2.87. The molecule has 1 aromatic carbocycles. The number of fused-ring (bicyclic) bond motifs is 2. The third kappa shape index (κ3) is 3.60. The summed E-state index contributed by atoms with van der Waals surface area (Å²) in [5, 5.41) is 8.54. The lowest BCUT2D eigenvalue weighted by Crippen LogP contribution is -2.44. The molecular formula is C22H25N5O2S. The van der Waals surface area contributed by atoms with Gasteiger partial charge in [-0.1, -0.05) is 35.6 Å². The molecule has 3 heterocycles. The number of amides is 1. The van der Waals surface area contributed by atoms with Gasteiger partial charge in [0.2, 0.25) is 16.0 Å². The van der Waals surface area contributed by atoms with E-state index in [0.717, 1.165) is 43.8 Å². The van der Waals surface area contributed by atoms with Crippen molar-refractivity contribution in [3.63, 3.8) is 0 Å². The maximum atomic E-state index is 13.1. The van der Waals surface area contributed by atoms with Crippen molar-refractivity contribution in [2.45, 2.75) is 45.1 Å². The molecule has 8 heteroatoms. The summed E-state index contributed by atoms with van der Waals surface area (Å²) in [4.78, 5) is 32.4. The molecule has 156 valence electrons. The monoisotopic (exact) mass is 423 g/mol. The van der Waals surface area contributed by atoms with Gasteiger partial charge in [0.25, 0.3) is 5.56 Å². The molecule has 7 nitrogen and oxygen atoms in total. The minimum absolute atomic E-state index is 0.0775. The van der Waals surface area contributed by atoms with Crippen LogP contribution in [0.25, 0.3) is 4.96 Å². The Kier molecular flexibility index (Phi) is 5.02. The van der Waals surface area contributed by atoms with Gasteiger partial charge in [-0.3, -0.25) is 9.59 Å². The Morgan fingerprint density at radius 2 is 2.10 bits per heavy atom. The van der Waals surface area contributed by atoms with Gasteiger partial charge in [0.1, 0.15) is 0 Å². The fourth-order valence-electron chi connectivity index (χ4n) is 4.60. The van der Waals surface area contributed by atoms with Crippen LogP contribution < -0.4 is 15.8 Å². The third-order valence-corrected chi connectivity index (χ3v) is 7.08. The smallest absolute Gasteiger partial charge is 0.275 e. The number of piperidine rings is 1. The van der Waals surface area contributed by atoms with Crippen molar-refractivity contribution < 1.29 is 4.79 Å². The zero-order chi connectivity index (χ0) is 20.7. The molecule has 0 unspecified atom stereocenters. The molecule has 1 aliphatic heterocycles. The first kappa shape index (κ1) is 19.2. The summed E-state index contributed by atoms with van der Waals surface area (Å²) in [6, 6.07) is 10.0. The highest BCUT2D eigenvalue weighted by Gasteiger charge is 2.30. The number of nitrogens with one attached hydrogen (secondary N) is 1. The van der Waals surface area contributed by atoms with Crippen molar-refractivity contribution in [3.8, 4) is 0 Å². The Balaban J connectivity index is 1.32. The van der Waals surface area contributed by atoms with Gasteiger partial charge < -0.3 is 10.2 Å². The van der Waals surface area contributed by atoms with E-state index in [1.165, 1.54) is 33.0 Å². The lowest BCUT2D eigenvalue weighted by molar-refractivity contribution is -0.126. The van der Waals surface area contributed by atoms with Gasteiger partial charge in [0.05, 0.1) is 12.0 Å². The number of carbonyl (C=O) groups excluding carboxylic acids is 1. The molecule has 2 aliphatic rings. The molecule has 1 aliphatic carbocycles. The van der Waals surface area contributed by atoms with E-state index in [2.05, 4.69) is 44.6 Å². The fourth-order valence-corrected chi connectivity index (χ4v) is 5.58. The first-order chi connectivity index (χ1) is 14.6. The van der Waals surface area contributed by atoms with Crippen LogP contribution >= 0.6 is 11.3 Å². The zero-order valence-corrected chi connectivity index (χ0v) is 17.8. The topological polar surface area (TPSA) is 79.6 Å². The van der Waals surface area contributed by atoms with E-state index in [-0.39, 0.29) is 23.4 Å². The maximum Gasteiger partial charge on any atom is 0.275 e. The maximum absolute atomic E-state index is 13.1. The lowest BCUT2D eigenvalue weighted by atomic mass is 9.87. The average molecular weight is 424 g/mol. The van der Waals surface area contributed by atoms with Crippen LogP contribution in [0.5, 0.6) is 0 Å². The van der Waals surface area contributed by atoms with Crippen LogP contribution in [0.1, 0.15) is 48.5 Å². The van der Waals surface area contributed by atoms with Gasteiger partial charge in [-0.15, -0.1) is 5.10 Å². The number of aryl methyl sites for hydroxylation is 2. The van der Waals surface area contributed by atoms with Gasteiger partial charge >= 0.3 is 0 Å². The Labute approximate surface area is 178 Å². The number of carbonyl (C=O) groups is 1. The molecule has 5 rings (SSSR count). The van der Waals surface area contributed by atoms with Gasteiger partial charge in [-0.05, 0) is 50.2 Å². The van der Waals surface area contributed by atoms with Gasteiger partial charge in [-0.25, -0.2) is 4.98 Å². The fraction of sp³-hybridized carbons (Fsp3) is 0.455. The number of hydrogen-bond donors (Lipinski definition) is 1. The van der Waals surface area contributed by atoms with Crippen molar-refractivity contribution in [1.29, 1.82) is 0 Å². The van der Waals surface area contributed by atoms with E-state index in [1.807, 2.05) is 6.92 Å². The van der Waals surface area contributed by atoms with Crippen LogP contribution in [0.2, 0.25) is 0 Å². The minimum atomic E-state index is -0.165. The van der Waals surface area contributed by atoms with E-state index < -0.39 is 0 Å². The summed E-state index contributed by atoms with van der Waals surface area (Å²) < 4.78 is 1.36. The Morgan fingerprint density at radius 1 is 1.23 bits per heavy atom. The summed E-state index contributed by atoms with van der Waals surface area (Å²) in [7, 11) is 0. The number of anilines is 1. The van der Waals surface area contributed by atoms with E-state index in [4.69, 9.17) is 0 Å².